The lowest BCUT2D eigenvalue weighted by Crippen LogP contribution is -2.34. The smallest absolute Gasteiger partial charge is 0.246 e. The van der Waals surface area contributed by atoms with E-state index in [1.54, 1.807) is 13.3 Å². The minimum Gasteiger partial charge on any atom is -0.496 e. The summed E-state index contributed by atoms with van der Waals surface area (Å²) >= 11 is 0. The molecular weight excluding hydrogens is 414 g/mol. The largest absolute Gasteiger partial charge is 0.496 e. The van der Waals surface area contributed by atoms with Gasteiger partial charge in [0.1, 0.15) is 30.3 Å². The number of ether oxygens (including phenoxy) is 2. The highest BCUT2D eigenvalue weighted by Gasteiger charge is 2.25. The van der Waals surface area contributed by atoms with Crippen LogP contribution in [0.5, 0.6) is 5.75 Å². The minimum absolute atomic E-state index is 0.107. The second-order valence-corrected chi connectivity index (χ2v) is 7.65. The van der Waals surface area contributed by atoms with E-state index in [4.69, 9.17) is 9.47 Å². The number of hydrogen-bond acceptors (Lipinski definition) is 4. The van der Waals surface area contributed by atoms with Crippen molar-refractivity contribution in [3.63, 3.8) is 0 Å². The van der Waals surface area contributed by atoms with Gasteiger partial charge in [0.05, 0.1) is 7.11 Å². The summed E-state index contributed by atoms with van der Waals surface area (Å²) in [6, 6.07) is 26.9. The molecule has 4 rings (SSSR count). The van der Waals surface area contributed by atoms with Crippen LogP contribution in [-0.4, -0.2) is 29.2 Å². The molecule has 0 aliphatic carbocycles. The second kappa shape index (κ2) is 10.6. The van der Waals surface area contributed by atoms with Gasteiger partial charge in [0.2, 0.25) is 5.91 Å². The van der Waals surface area contributed by atoms with Gasteiger partial charge in [-0.05, 0) is 17.2 Å². The third kappa shape index (κ3) is 5.30. The molecule has 1 heterocycles. The molecule has 3 aromatic carbocycles. The van der Waals surface area contributed by atoms with E-state index in [-0.39, 0.29) is 18.6 Å². The molecule has 1 amide bonds. The van der Waals surface area contributed by atoms with Gasteiger partial charge in [-0.25, -0.2) is 4.98 Å². The van der Waals surface area contributed by atoms with Gasteiger partial charge < -0.3 is 19.4 Å². The Morgan fingerprint density at radius 1 is 0.939 bits per heavy atom. The summed E-state index contributed by atoms with van der Waals surface area (Å²) < 4.78 is 13.6. The number of methoxy groups -OCH3 is 1. The van der Waals surface area contributed by atoms with E-state index >= 15 is 0 Å². The van der Waals surface area contributed by atoms with Gasteiger partial charge in [-0.3, -0.25) is 4.79 Å². The van der Waals surface area contributed by atoms with Crippen molar-refractivity contribution >= 4 is 5.91 Å². The Morgan fingerprint density at radius 3 is 2.12 bits per heavy atom. The minimum atomic E-state index is -0.482. The topological polar surface area (TPSA) is 65.4 Å². The molecule has 168 valence electrons. The first-order valence-corrected chi connectivity index (χ1v) is 10.8. The van der Waals surface area contributed by atoms with Crippen molar-refractivity contribution in [3.05, 3.63) is 120 Å². The van der Waals surface area contributed by atoms with Crippen LogP contribution < -0.4 is 10.1 Å². The maximum atomic E-state index is 13.1. The number of amides is 1. The fourth-order valence-corrected chi connectivity index (χ4v) is 3.84. The number of aromatic nitrogens is 2. The van der Waals surface area contributed by atoms with Crippen molar-refractivity contribution in [1.82, 2.24) is 14.9 Å². The SMILES string of the molecule is COc1ccccc1C(NC(=O)COC(c1ccccc1)c1ccccc1)c1nccn1C. The van der Waals surface area contributed by atoms with E-state index in [2.05, 4.69) is 10.3 Å². The van der Waals surface area contributed by atoms with E-state index in [0.717, 1.165) is 16.7 Å². The summed E-state index contributed by atoms with van der Waals surface area (Å²) in [5.41, 5.74) is 2.80. The molecule has 0 saturated heterocycles. The fraction of sp³-hybridized carbons (Fsp3) is 0.185. The molecule has 1 aromatic heterocycles. The van der Waals surface area contributed by atoms with E-state index < -0.39 is 6.04 Å². The summed E-state index contributed by atoms with van der Waals surface area (Å²) in [6.45, 7) is -0.107. The predicted molar refractivity (Wildman–Crippen MR) is 127 cm³/mol. The molecule has 0 spiro atoms. The van der Waals surface area contributed by atoms with Crippen LogP contribution in [0, 0.1) is 0 Å². The molecule has 4 aromatic rings. The van der Waals surface area contributed by atoms with Crippen molar-refractivity contribution in [2.24, 2.45) is 7.05 Å². The number of carbonyl (C=O) groups is 1. The predicted octanol–water partition coefficient (Wildman–Crippen LogP) is 4.44. The molecule has 33 heavy (non-hydrogen) atoms. The van der Waals surface area contributed by atoms with Gasteiger partial charge in [0, 0.05) is 25.0 Å². The first-order valence-electron chi connectivity index (χ1n) is 10.8. The number of nitrogens with one attached hydrogen (secondary N) is 1. The Bertz CT molecular complexity index is 1140. The number of imidazole rings is 1. The number of para-hydroxylation sites is 1. The van der Waals surface area contributed by atoms with Crippen molar-refractivity contribution in [3.8, 4) is 5.75 Å². The van der Waals surface area contributed by atoms with E-state index in [1.165, 1.54) is 0 Å². The van der Waals surface area contributed by atoms with Gasteiger partial charge in [0.15, 0.2) is 0 Å². The highest BCUT2D eigenvalue weighted by Crippen LogP contribution is 2.29. The van der Waals surface area contributed by atoms with E-state index in [1.807, 2.05) is 103 Å². The lowest BCUT2D eigenvalue weighted by molar-refractivity contribution is -0.127. The molecule has 0 fully saturated rings. The van der Waals surface area contributed by atoms with Crippen molar-refractivity contribution in [2.75, 3.05) is 13.7 Å². The zero-order valence-corrected chi connectivity index (χ0v) is 18.7. The number of nitrogens with zero attached hydrogens (tertiary/aromatic N) is 2. The van der Waals surface area contributed by atoms with Crippen LogP contribution in [0.2, 0.25) is 0 Å². The fourth-order valence-electron chi connectivity index (χ4n) is 3.84. The van der Waals surface area contributed by atoms with Gasteiger partial charge in [-0.1, -0.05) is 78.9 Å². The van der Waals surface area contributed by atoms with Crippen molar-refractivity contribution in [1.29, 1.82) is 0 Å². The molecule has 1 N–H and O–H groups in total. The Hall–Kier alpha value is -3.90. The molecule has 0 aliphatic heterocycles. The molecule has 0 saturated carbocycles. The maximum Gasteiger partial charge on any atom is 0.246 e. The molecule has 6 heteroatoms. The third-order valence-corrected chi connectivity index (χ3v) is 5.46. The lowest BCUT2D eigenvalue weighted by atomic mass is 10.0. The summed E-state index contributed by atoms with van der Waals surface area (Å²) in [4.78, 5) is 17.5. The van der Waals surface area contributed by atoms with Crippen molar-refractivity contribution in [2.45, 2.75) is 12.1 Å². The molecule has 0 radical (unpaired) electrons. The highest BCUT2D eigenvalue weighted by molar-refractivity contribution is 5.78. The van der Waals surface area contributed by atoms with Crippen LogP contribution in [-0.2, 0) is 16.6 Å². The molecule has 6 nitrogen and oxygen atoms in total. The number of hydrogen-bond donors (Lipinski definition) is 1. The normalized spacial score (nSPS) is 11.8. The number of benzene rings is 3. The molecule has 1 atom stereocenters. The van der Waals surface area contributed by atoms with Crippen LogP contribution in [0.15, 0.2) is 97.3 Å². The summed E-state index contributed by atoms with van der Waals surface area (Å²) in [5, 5.41) is 3.08. The quantitative estimate of drug-likeness (QED) is 0.417. The first-order chi connectivity index (χ1) is 16.2. The Labute approximate surface area is 193 Å². The number of rotatable bonds is 9. The van der Waals surface area contributed by atoms with Gasteiger partial charge in [0.25, 0.3) is 0 Å². The van der Waals surface area contributed by atoms with E-state index in [9.17, 15) is 4.79 Å². The van der Waals surface area contributed by atoms with Crippen LogP contribution in [0.25, 0.3) is 0 Å². The lowest BCUT2D eigenvalue weighted by Gasteiger charge is -2.23. The Morgan fingerprint density at radius 2 is 1.55 bits per heavy atom. The number of carbonyl (C=O) groups excluding carboxylic acids is 1. The van der Waals surface area contributed by atoms with Crippen LogP contribution >= 0.6 is 0 Å². The van der Waals surface area contributed by atoms with Gasteiger partial charge in [-0.2, -0.15) is 0 Å². The zero-order valence-electron chi connectivity index (χ0n) is 18.7. The summed E-state index contributed by atoms with van der Waals surface area (Å²) in [7, 11) is 3.51. The average molecular weight is 442 g/mol. The Balaban J connectivity index is 1.55. The van der Waals surface area contributed by atoms with E-state index in [0.29, 0.717) is 11.6 Å². The highest BCUT2D eigenvalue weighted by atomic mass is 16.5. The van der Waals surface area contributed by atoms with Gasteiger partial charge >= 0.3 is 0 Å². The molecular formula is C27H27N3O3. The van der Waals surface area contributed by atoms with Crippen molar-refractivity contribution < 1.29 is 14.3 Å². The standard InChI is InChI=1S/C27H27N3O3/c1-30-18-17-28-27(30)25(22-15-9-10-16-23(22)32-2)29-24(31)19-33-26(20-11-5-3-6-12-20)21-13-7-4-8-14-21/h3-18,25-26H,19H2,1-2H3,(H,29,31). The zero-order chi connectivity index (χ0) is 23.0. The molecule has 0 bridgehead atoms. The van der Waals surface area contributed by atoms with Crippen LogP contribution in [0.3, 0.4) is 0 Å². The summed E-state index contributed by atoms with van der Waals surface area (Å²) in [6.07, 6.45) is 3.21. The average Bonchev–Trinajstić information content (AvgIpc) is 3.29. The first kappa shape index (κ1) is 22.3. The monoisotopic (exact) mass is 441 g/mol. The van der Waals surface area contributed by atoms with Crippen LogP contribution in [0.4, 0.5) is 0 Å². The number of aryl methyl sites for hydroxylation is 1. The third-order valence-electron chi connectivity index (χ3n) is 5.46. The Kier molecular flexibility index (Phi) is 7.17. The summed E-state index contributed by atoms with van der Waals surface area (Å²) in [5.74, 6) is 1.14. The van der Waals surface area contributed by atoms with Crippen LogP contribution in [0.1, 0.15) is 34.7 Å². The molecule has 1 unspecified atom stereocenters. The molecule has 0 aliphatic rings. The maximum absolute atomic E-state index is 13.1. The van der Waals surface area contributed by atoms with Gasteiger partial charge in [-0.15, -0.1) is 0 Å². The second-order valence-electron chi connectivity index (χ2n) is 7.65.